The molecule has 3 heterocycles. The fraction of sp³-hybridized carbons (Fsp3) is 0.292. The minimum atomic E-state index is -1.28. The van der Waals surface area contributed by atoms with Gasteiger partial charge in [-0.25, -0.2) is 4.79 Å². The van der Waals surface area contributed by atoms with E-state index in [1.807, 2.05) is 36.4 Å². The Morgan fingerprint density at radius 1 is 1.09 bits per heavy atom. The number of rotatable bonds is 4. The van der Waals surface area contributed by atoms with Crippen molar-refractivity contribution in [3.8, 4) is 11.5 Å². The number of fused-ring (bicyclic) bond motifs is 1. The van der Waals surface area contributed by atoms with Gasteiger partial charge in [0, 0.05) is 13.1 Å². The molecule has 1 fully saturated rings. The van der Waals surface area contributed by atoms with Crippen LogP contribution in [0.25, 0.3) is 5.57 Å². The Morgan fingerprint density at radius 2 is 1.88 bits per heavy atom. The Kier molecular flexibility index (Phi) is 4.84. The van der Waals surface area contributed by atoms with Crippen LogP contribution in [-0.4, -0.2) is 54.1 Å². The molecule has 0 saturated carbocycles. The number of nitrogens with one attached hydrogen (secondary N) is 1. The highest BCUT2D eigenvalue weighted by atomic mass is 16.7. The van der Waals surface area contributed by atoms with Gasteiger partial charge in [-0.1, -0.05) is 42.5 Å². The Morgan fingerprint density at radius 3 is 2.62 bits per heavy atom. The number of urea groups is 1. The lowest BCUT2D eigenvalue weighted by atomic mass is 9.91. The van der Waals surface area contributed by atoms with Crippen molar-refractivity contribution in [3.63, 3.8) is 0 Å². The summed E-state index contributed by atoms with van der Waals surface area (Å²) in [6.45, 7) is 2.45. The average molecular weight is 433 g/mol. The summed E-state index contributed by atoms with van der Waals surface area (Å²) in [6, 6.07) is 14.6. The second-order valence-corrected chi connectivity index (χ2v) is 8.20. The van der Waals surface area contributed by atoms with Crippen LogP contribution in [0.3, 0.4) is 0 Å². The van der Waals surface area contributed by atoms with Crippen LogP contribution >= 0.6 is 0 Å². The monoisotopic (exact) mass is 433 g/mol. The molecular weight excluding hydrogens is 410 g/mol. The van der Waals surface area contributed by atoms with E-state index in [2.05, 4.69) is 5.32 Å². The lowest BCUT2D eigenvalue weighted by molar-refractivity contribution is -0.138. The largest absolute Gasteiger partial charge is 0.454 e. The van der Waals surface area contributed by atoms with Gasteiger partial charge in [0.25, 0.3) is 5.91 Å². The molecule has 3 aliphatic heterocycles. The summed E-state index contributed by atoms with van der Waals surface area (Å²) >= 11 is 0. The molecule has 1 atom stereocenters. The molecule has 0 aromatic heterocycles. The molecule has 32 heavy (non-hydrogen) atoms. The fourth-order valence-electron chi connectivity index (χ4n) is 4.29. The van der Waals surface area contributed by atoms with Crippen molar-refractivity contribution in [2.75, 3.05) is 26.4 Å². The summed E-state index contributed by atoms with van der Waals surface area (Å²) in [4.78, 5) is 41.3. The van der Waals surface area contributed by atoms with Crippen molar-refractivity contribution in [2.45, 2.75) is 18.9 Å². The predicted octanol–water partition coefficient (Wildman–Crippen LogP) is 2.50. The number of amides is 4. The Labute approximate surface area is 185 Å². The van der Waals surface area contributed by atoms with Crippen molar-refractivity contribution < 1.29 is 23.9 Å². The Bertz CT molecular complexity index is 1130. The van der Waals surface area contributed by atoms with Gasteiger partial charge in [-0.3, -0.25) is 14.5 Å². The number of hydrogen-bond acceptors (Lipinski definition) is 5. The zero-order valence-electron chi connectivity index (χ0n) is 17.7. The van der Waals surface area contributed by atoms with E-state index in [1.54, 1.807) is 30.0 Å². The zero-order chi connectivity index (χ0) is 22.3. The maximum Gasteiger partial charge on any atom is 0.325 e. The van der Waals surface area contributed by atoms with Crippen LogP contribution in [0.2, 0.25) is 0 Å². The molecule has 3 aliphatic rings. The van der Waals surface area contributed by atoms with Crippen molar-refractivity contribution in [1.29, 1.82) is 0 Å². The number of nitrogens with zero attached hydrogens (tertiary/aromatic N) is 2. The van der Waals surface area contributed by atoms with Crippen LogP contribution in [0.4, 0.5) is 4.79 Å². The summed E-state index contributed by atoms with van der Waals surface area (Å²) < 4.78 is 10.7. The third kappa shape index (κ3) is 3.37. The molecule has 0 bridgehead atoms. The summed E-state index contributed by atoms with van der Waals surface area (Å²) in [7, 11) is 0. The van der Waals surface area contributed by atoms with Crippen LogP contribution in [0.1, 0.15) is 24.5 Å². The molecule has 1 N–H and O–H groups in total. The van der Waals surface area contributed by atoms with Crippen LogP contribution in [0, 0.1) is 0 Å². The van der Waals surface area contributed by atoms with Crippen LogP contribution in [-0.2, 0) is 15.1 Å². The summed E-state index contributed by atoms with van der Waals surface area (Å²) in [5, 5.41) is 2.73. The first-order valence-corrected chi connectivity index (χ1v) is 10.5. The summed E-state index contributed by atoms with van der Waals surface area (Å²) in [5.74, 6) is 0.392. The average Bonchev–Trinajstić information content (AvgIpc) is 3.38. The van der Waals surface area contributed by atoms with Crippen molar-refractivity contribution in [1.82, 2.24) is 15.1 Å². The number of hydrogen-bond donors (Lipinski definition) is 1. The topological polar surface area (TPSA) is 88.2 Å². The quantitative estimate of drug-likeness (QED) is 0.749. The Balaban J connectivity index is 1.28. The molecule has 2 aromatic carbocycles. The highest BCUT2D eigenvalue weighted by Gasteiger charge is 2.50. The highest BCUT2D eigenvalue weighted by Crippen LogP contribution is 2.37. The van der Waals surface area contributed by atoms with E-state index in [1.165, 1.54) is 5.57 Å². The van der Waals surface area contributed by atoms with Crippen LogP contribution in [0.5, 0.6) is 11.5 Å². The number of carbonyl (C=O) groups is 3. The normalized spacial score (nSPS) is 22.1. The molecule has 4 amide bonds. The zero-order valence-corrected chi connectivity index (χ0v) is 17.7. The lowest BCUT2D eigenvalue weighted by Gasteiger charge is -2.28. The third-order valence-electron chi connectivity index (χ3n) is 6.22. The molecule has 8 heteroatoms. The van der Waals surface area contributed by atoms with E-state index >= 15 is 0 Å². The first-order valence-electron chi connectivity index (χ1n) is 10.5. The molecule has 0 aliphatic carbocycles. The second-order valence-electron chi connectivity index (χ2n) is 8.20. The molecule has 0 radical (unpaired) electrons. The molecule has 0 unspecified atom stereocenters. The third-order valence-corrected chi connectivity index (χ3v) is 6.22. The van der Waals surface area contributed by atoms with Gasteiger partial charge in [-0.2, -0.15) is 0 Å². The van der Waals surface area contributed by atoms with Crippen LogP contribution in [0.15, 0.2) is 54.6 Å². The van der Waals surface area contributed by atoms with E-state index in [0.717, 1.165) is 16.9 Å². The van der Waals surface area contributed by atoms with Gasteiger partial charge < -0.3 is 19.7 Å². The van der Waals surface area contributed by atoms with Crippen molar-refractivity contribution in [2.24, 2.45) is 0 Å². The van der Waals surface area contributed by atoms with E-state index in [-0.39, 0.29) is 19.2 Å². The SMILES string of the molecule is C[C@@]1(c2ccc3c(c2)OCO3)NC(=O)N(CC(=O)N2CC=C(c3ccccc3)CC2)C1=O. The van der Waals surface area contributed by atoms with Crippen LogP contribution < -0.4 is 14.8 Å². The molecule has 164 valence electrons. The number of ether oxygens (including phenoxy) is 2. The maximum absolute atomic E-state index is 13.2. The van der Waals surface area contributed by atoms with Gasteiger partial charge >= 0.3 is 6.03 Å². The minimum absolute atomic E-state index is 0.118. The fourth-order valence-corrected chi connectivity index (χ4v) is 4.29. The lowest BCUT2D eigenvalue weighted by Crippen LogP contribution is -2.45. The molecule has 8 nitrogen and oxygen atoms in total. The molecule has 5 rings (SSSR count). The first-order chi connectivity index (χ1) is 15.5. The van der Waals surface area contributed by atoms with Gasteiger partial charge in [-0.05, 0) is 42.2 Å². The molecule has 1 saturated heterocycles. The van der Waals surface area contributed by atoms with E-state index in [9.17, 15) is 14.4 Å². The number of imide groups is 1. The van der Waals surface area contributed by atoms with Crippen molar-refractivity contribution in [3.05, 3.63) is 65.7 Å². The maximum atomic E-state index is 13.2. The number of carbonyl (C=O) groups excluding carboxylic acids is 3. The number of benzene rings is 2. The summed E-state index contributed by atoms with van der Waals surface area (Å²) in [6.07, 6.45) is 2.75. The summed E-state index contributed by atoms with van der Waals surface area (Å²) in [5.41, 5.74) is 1.64. The van der Waals surface area contributed by atoms with Gasteiger partial charge in [0.15, 0.2) is 11.5 Å². The second kappa shape index (κ2) is 7.71. The van der Waals surface area contributed by atoms with Gasteiger partial charge in [0.2, 0.25) is 12.7 Å². The highest BCUT2D eigenvalue weighted by molar-refractivity contribution is 6.09. The molecular formula is C24H23N3O5. The Hall–Kier alpha value is -3.81. The van der Waals surface area contributed by atoms with Gasteiger partial charge in [0.05, 0.1) is 0 Å². The predicted molar refractivity (Wildman–Crippen MR) is 116 cm³/mol. The van der Waals surface area contributed by atoms with E-state index in [4.69, 9.17) is 9.47 Å². The van der Waals surface area contributed by atoms with Gasteiger partial charge in [0.1, 0.15) is 12.1 Å². The van der Waals surface area contributed by atoms with Crippen molar-refractivity contribution >= 4 is 23.4 Å². The van der Waals surface area contributed by atoms with E-state index in [0.29, 0.717) is 30.2 Å². The smallest absolute Gasteiger partial charge is 0.325 e. The van der Waals surface area contributed by atoms with E-state index < -0.39 is 17.5 Å². The molecule has 2 aromatic rings. The molecule has 0 spiro atoms. The standard InChI is InChI=1S/C24H23N3O5/c1-24(18-7-8-19-20(13-18)32-15-31-19)22(29)27(23(30)25-24)14-21(28)26-11-9-17(10-12-26)16-5-3-2-4-6-16/h2-9,13H,10-12,14-15H2,1H3,(H,25,30)/t24-/m0/s1. The minimum Gasteiger partial charge on any atom is -0.454 e. The van der Waals surface area contributed by atoms with Gasteiger partial charge in [-0.15, -0.1) is 0 Å². The first kappa shape index (κ1) is 20.1.